The first-order valence-electron chi connectivity index (χ1n) is 12.9. The molecule has 7 nitrogen and oxygen atoms in total. The summed E-state index contributed by atoms with van der Waals surface area (Å²) in [6.07, 6.45) is 3.79. The van der Waals surface area contributed by atoms with Crippen LogP contribution in [0.15, 0.2) is 60.7 Å². The zero-order chi connectivity index (χ0) is 25.4. The number of hydrogen-bond acceptors (Lipinski definition) is 5. The standard InChI is InChI=1S/C30H26N4O3/c1-29-15-16-30(37-29,14-6-11-24-32-21-9-4-5-10-22(21)33-24)26-25(29)27(35)34(28(26)36)23-13-12-18(17-31)19-7-2-3-8-20(19)23/h2-5,7-10,12-13,25-26H,6,11,14-16H2,1H3,(H,32,33). The van der Waals surface area contributed by atoms with Crippen LogP contribution in [0.3, 0.4) is 0 Å². The van der Waals surface area contributed by atoms with Gasteiger partial charge in [0.15, 0.2) is 0 Å². The Kier molecular flexibility index (Phi) is 4.64. The SMILES string of the molecule is CC12CCC(CCCc3nc4ccccc4[nH]3)(O1)C1C(=O)N(c3ccc(C#N)c4ccccc34)C(=O)C12. The Labute approximate surface area is 214 Å². The first-order chi connectivity index (χ1) is 17.9. The number of carbonyl (C=O) groups is 2. The zero-order valence-electron chi connectivity index (χ0n) is 20.5. The third-order valence-electron chi connectivity index (χ3n) is 8.73. The highest BCUT2D eigenvalue weighted by Gasteiger charge is 2.73. The number of nitrogens with one attached hydrogen (secondary N) is 1. The second-order valence-electron chi connectivity index (χ2n) is 10.8. The molecule has 1 N–H and O–H groups in total. The highest BCUT2D eigenvalue weighted by Crippen LogP contribution is 2.62. The highest BCUT2D eigenvalue weighted by atomic mass is 16.5. The van der Waals surface area contributed by atoms with Crippen LogP contribution in [0.25, 0.3) is 21.8 Å². The van der Waals surface area contributed by atoms with Crippen LogP contribution in [0.2, 0.25) is 0 Å². The zero-order valence-corrected chi connectivity index (χ0v) is 20.5. The minimum Gasteiger partial charge on any atom is -0.367 e. The van der Waals surface area contributed by atoms with E-state index in [9.17, 15) is 14.9 Å². The lowest BCUT2D eigenvalue weighted by Gasteiger charge is -2.31. The van der Waals surface area contributed by atoms with Crippen LogP contribution in [-0.4, -0.2) is 33.0 Å². The Balaban J connectivity index is 1.20. The summed E-state index contributed by atoms with van der Waals surface area (Å²) in [5.74, 6) is -0.436. The average molecular weight is 491 g/mol. The van der Waals surface area contributed by atoms with E-state index in [0.29, 0.717) is 17.7 Å². The van der Waals surface area contributed by atoms with Crippen LogP contribution < -0.4 is 4.90 Å². The van der Waals surface area contributed by atoms with Gasteiger partial charge in [-0.05, 0) is 56.9 Å². The minimum atomic E-state index is -0.645. The molecule has 3 aliphatic rings. The molecule has 3 saturated heterocycles. The molecule has 184 valence electrons. The molecule has 2 bridgehead atoms. The normalized spacial score (nSPS) is 28.4. The summed E-state index contributed by atoms with van der Waals surface area (Å²) in [6.45, 7) is 1.99. The van der Waals surface area contributed by atoms with Crippen LogP contribution in [0.5, 0.6) is 0 Å². The molecule has 4 atom stereocenters. The molecule has 0 radical (unpaired) electrons. The van der Waals surface area contributed by atoms with E-state index in [2.05, 4.69) is 16.0 Å². The van der Waals surface area contributed by atoms with Crippen molar-refractivity contribution in [3.63, 3.8) is 0 Å². The van der Waals surface area contributed by atoms with Crippen molar-refractivity contribution in [1.29, 1.82) is 5.26 Å². The summed E-state index contributed by atoms with van der Waals surface area (Å²) in [5.41, 5.74) is 1.75. The van der Waals surface area contributed by atoms with Crippen LogP contribution in [0.1, 0.15) is 44.0 Å². The van der Waals surface area contributed by atoms with E-state index in [-0.39, 0.29) is 11.8 Å². The van der Waals surface area contributed by atoms with Crippen molar-refractivity contribution >= 4 is 39.3 Å². The number of nitrogens with zero attached hydrogens (tertiary/aromatic N) is 3. The van der Waals surface area contributed by atoms with E-state index in [1.165, 1.54) is 4.90 Å². The Hall–Kier alpha value is -4.02. The van der Waals surface area contributed by atoms with Crippen LogP contribution >= 0.6 is 0 Å². The van der Waals surface area contributed by atoms with Gasteiger partial charge in [-0.15, -0.1) is 0 Å². The Morgan fingerprint density at radius 3 is 2.59 bits per heavy atom. The highest BCUT2D eigenvalue weighted by molar-refractivity contribution is 6.26. The maximum atomic E-state index is 14.0. The van der Waals surface area contributed by atoms with Crippen molar-refractivity contribution in [2.24, 2.45) is 11.8 Å². The number of aromatic nitrogens is 2. The molecule has 4 heterocycles. The van der Waals surface area contributed by atoms with Crippen LogP contribution in [0.4, 0.5) is 5.69 Å². The van der Waals surface area contributed by atoms with E-state index in [0.717, 1.165) is 53.3 Å². The van der Waals surface area contributed by atoms with E-state index in [4.69, 9.17) is 4.74 Å². The summed E-state index contributed by atoms with van der Waals surface area (Å²) in [5, 5.41) is 11.0. The summed E-state index contributed by atoms with van der Waals surface area (Å²) in [4.78, 5) is 37.3. The maximum Gasteiger partial charge on any atom is 0.240 e. The van der Waals surface area contributed by atoms with Crippen molar-refractivity contribution < 1.29 is 14.3 Å². The van der Waals surface area contributed by atoms with Crippen molar-refractivity contribution in [1.82, 2.24) is 9.97 Å². The van der Waals surface area contributed by atoms with Gasteiger partial charge in [0.05, 0.1) is 51.4 Å². The molecule has 0 saturated carbocycles. The lowest BCUT2D eigenvalue weighted by Crippen LogP contribution is -2.42. The van der Waals surface area contributed by atoms with Gasteiger partial charge in [0, 0.05) is 17.2 Å². The topological polar surface area (TPSA) is 99.1 Å². The third-order valence-corrected chi connectivity index (χ3v) is 8.73. The first-order valence-corrected chi connectivity index (χ1v) is 12.9. The lowest BCUT2D eigenvalue weighted by molar-refractivity contribution is -0.130. The summed E-state index contributed by atoms with van der Waals surface area (Å²) in [6, 6.07) is 21.1. The minimum absolute atomic E-state index is 0.183. The van der Waals surface area contributed by atoms with Crippen LogP contribution in [0, 0.1) is 23.2 Å². The van der Waals surface area contributed by atoms with E-state index in [1.54, 1.807) is 12.1 Å². The van der Waals surface area contributed by atoms with Crippen molar-refractivity contribution in [2.75, 3.05) is 4.90 Å². The van der Waals surface area contributed by atoms with Gasteiger partial charge in [-0.2, -0.15) is 5.26 Å². The summed E-state index contributed by atoms with van der Waals surface area (Å²) in [7, 11) is 0. The number of imide groups is 1. The number of carbonyl (C=O) groups excluding carboxylic acids is 2. The van der Waals surface area contributed by atoms with Gasteiger partial charge in [0.25, 0.3) is 0 Å². The number of ether oxygens (including phenoxy) is 1. The number of fused-ring (bicyclic) bond motifs is 7. The monoisotopic (exact) mass is 490 g/mol. The maximum absolute atomic E-state index is 14.0. The van der Waals surface area contributed by atoms with E-state index < -0.39 is 23.0 Å². The number of anilines is 1. The van der Waals surface area contributed by atoms with Crippen molar-refractivity contribution in [3.8, 4) is 6.07 Å². The third kappa shape index (κ3) is 3.06. The average Bonchev–Trinajstić information content (AvgIpc) is 3.61. The predicted molar refractivity (Wildman–Crippen MR) is 139 cm³/mol. The predicted octanol–water partition coefficient (Wildman–Crippen LogP) is 5.04. The molecule has 2 amide bonds. The van der Waals surface area contributed by atoms with Gasteiger partial charge < -0.3 is 9.72 Å². The lowest BCUT2D eigenvalue weighted by atomic mass is 9.67. The molecule has 7 rings (SSSR count). The van der Waals surface area contributed by atoms with Gasteiger partial charge in [-0.25, -0.2) is 9.88 Å². The molecule has 1 aromatic heterocycles. The molecule has 7 heteroatoms. The fourth-order valence-electron chi connectivity index (χ4n) is 7.10. The summed E-state index contributed by atoms with van der Waals surface area (Å²) < 4.78 is 6.62. The second-order valence-corrected chi connectivity index (χ2v) is 10.8. The van der Waals surface area contributed by atoms with Crippen LogP contribution in [-0.2, 0) is 20.7 Å². The molecule has 0 aliphatic carbocycles. The molecule has 4 unspecified atom stereocenters. The number of aromatic amines is 1. The Morgan fingerprint density at radius 1 is 1.03 bits per heavy atom. The second kappa shape index (κ2) is 7.74. The molecule has 0 spiro atoms. The largest absolute Gasteiger partial charge is 0.367 e. The van der Waals surface area contributed by atoms with Crippen molar-refractivity contribution in [2.45, 2.75) is 50.2 Å². The molecular formula is C30H26N4O3. The van der Waals surface area contributed by atoms with E-state index >= 15 is 0 Å². The number of hydrogen-bond donors (Lipinski definition) is 1. The fourth-order valence-corrected chi connectivity index (χ4v) is 7.10. The van der Waals surface area contributed by atoms with Gasteiger partial charge in [-0.1, -0.05) is 36.4 Å². The van der Waals surface area contributed by atoms with E-state index in [1.807, 2.05) is 55.5 Å². The number of aryl methyl sites for hydroxylation is 1. The molecule has 3 fully saturated rings. The quantitative estimate of drug-likeness (QED) is 0.395. The number of rotatable bonds is 5. The van der Waals surface area contributed by atoms with Gasteiger partial charge in [0.2, 0.25) is 11.8 Å². The molecule has 3 aromatic carbocycles. The number of para-hydroxylation sites is 2. The number of benzene rings is 3. The number of amides is 2. The Morgan fingerprint density at radius 2 is 1.78 bits per heavy atom. The number of nitriles is 1. The Bertz CT molecular complexity index is 1620. The fraction of sp³-hybridized carbons (Fsp3) is 0.333. The smallest absolute Gasteiger partial charge is 0.240 e. The number of H-pyrrole nitrogens is 1. The first kappa shape index (κ1) is 22.2. The number of imidazole rings is 1. The van der Waals surface area contributed by atoms with Crippen molar-refractivity contribution in [3.05, 3.63) is 72.1 Å². The van der Waals surface area contributed by atoms with Gasteiger partial charge >= 0.3 is 0 Å². The molecular weight excluding hydrogens is 464 g/mol. The van der Waals surface area contributed by atoms with Gasteiger partial charge in [0.1, 0.15) is 5.82 Å². The molecule has 4 aromatic rings. The summed E-state index contributed by atoms with van der Waals surface area (Å²) >= 11 is 0. The molecule has 3 aliphatic heterocycles. The van der Waals surface area contributed by atoms with Gasteiger partial charge in [-0.3, -0.25) is 9.59 Å². The molecule has 37 heavy (non-hydrogen) atoms.